The Morgan fingerprint density at radius 1 is 1.30 bits per heavy atom. The molecule has 156 valence electrons. The van der Waals surface area contributed by atoms with Crippen LogP contribution in [-0.4, -0.2) is 40.1 Å². The number of ether oxygens (including phenoxy) is 1. The lowest BCUT2D eigenvalue weighted by molar-refractivity contribution is -0.384. The highest BCUT2D eigenvalue weighted by Crippen LogP contribution is 2.33. The van der Waals surface area contributed by atoms with Gasteiger partial charge in [-0.05, 0) is 30.3 Å². The number of non-ortho nitro benzene ring substituents is 1. The fraction of sp³-hybridized carbons (Fsp3) is 0.250. The third-order valence-corrected chi connectivity index (χ3v) is 5.07. The zero-order valence-electron chi connectivity index (χ0n) is 16.0. The summed E-state index contributed by atoms with van der Waals surface area (Å²) in [5.41, 5.74) is 0.434. The molecule has 1 aromatic heterocycles. The highest BCUT2D eigenvalue weighted by atomic mass is 32.2. The summed E-state index contributed by atoms with van der Waals surface area (Å²) in [5.74, 6) is -0.570. The molecule has 1 fully saturated rings. The number of imide groups is 1. The second-order valence-corrected chi connectivity index (χ2v) is 7.34. The number of benzene rings is 1. The van der Waals surface area contributed by atoms with E-state index in [1.54, 1.807) is 24.3 Å². The number of amides is 2. The van der Waals surface area contributed by atoms with Gasteiger partial charge in [-0.2, -0.15) is 0 Å². The van der Waals surface area contributed by atoms with Gasteiger partial charge in [-0.25, -0.2) is 0 Å². The number of rotatable bonds is 8. The van der Waals surface area contributed by atoms with E-state index in [1.807, 2.05) is 6.92 Å². The van der Waals surface area contributed by atoms with E-state index in [4.69, 9.17) is 9.15 Å². The Morgan fingerprint density at radius 3 is 2.83 bits per heavy atom. The Bertz CT molecular complexity index is 1030. The van der Waals surface area contributed by atoms with Crippen molar-refractivity contribution in [3.05, 3.63) is 57.2 Å². The number of nitro groups is 1. The maximum Gasteiger partial charge on any atom is 0.326 e. The molecule has 0 spiro atoms. The van der Waals surface area contributed by atoms with Crippen LogP contribution in [0.25, 0.3) is 17.4 Å². The van der Waals surface area contributed by atoms with E-state index in [1.165, 1.54) is 18.2 Å². The second-order valence-electron chi connectivity index (χ2n) is 6.35. The molecule has 1 aliphatic rings. The number of hydrogen-bond donors (Lipinski definition) is 0. The van der Waals surface area contributed by atoms with Crippen molar-refractivity contribution in [1.29, 1.82) is 0 Å². The SMILES string of the molecule is CCCCOC(=O)CN1C(=O)S/C(=C/c2ccc(-c3cccc([N+](=O)[O-])c3)o2)C1=O. The van der Waals surface area contributed by atoms with Crippen LogP contribution in [0.15, 0.2) is 45.7 Å². The van der Waals surface area contributed by atoms with E-state index in [-0.39, 0.29) is 17.2 Å². The third kappa shape index (κ3) is 4.95. The summed E-state index contributed by atoms with van der Waals surface area (Å²) in [5, 5.41) is 10.4. The standard InChI is InChI=1S/C20H18N2O7S/c1-2-3-9-28-18(23)12-21-19(24)17(30-20(21)25)11-15-7-8-16(29-15)13-5-4-6-14(10-13)22(26)27/h4-8,10-11H,2-3,9,12H2,1H3/b17-11+. The van der Waals surface area contributed by atoms with Crippen LogP contribution >= 0.6 is 11.8 Å². The Balaban J connectivity index is 1.71. The van der Waals surface area contributed by atoms with Crippen LogP contribution < -0.4 is 0 Å². The lowest BCUT2D eigenvalue weighted by atomic mass is 10.1. The van der Waals surface area contributed by atoms with Crippen molar-refractivity contribution in [3.8, 4) is 11.3 Å². The Kier molecular flexibility index (Phi) is 6.68. The molecule has 10 heteroatoms. The van der Waals surface area contributed by atoms with Gasteiger partial charge in [-0.3, -0.25) is 29.4 Å². The number of carbonyl (C=O) groups is 3. The van der Waals surface area contributed by atoms with Gasteiger partial charge >= 0.3 is 5.97 Å². The number of nitrogens with zero attached hydrogens (tertiary/aromatic N) is 2. The Morgan fingerprint density at radius 2 is 2.10 bits per heavy atom. The van der Waals surface area contributed by atoms with Crippen LogP contribution in [0.3, 0.4) is 0 Å². The van der Waals surface area contributed by atoms with Crippen molar-refractivity contribution in [2.24, 2.45) is 0 Å². The summed E-state index contributed by atoms with van der Waals surface area (Å²) in [6.07, 6.45) is 2.96. The van der Waals surface area contributed by atoms with Crippen molar-refractivity contribution in [3.63, 3.8) is 0 Å². The summed E-state index contributed by atoms with van der Waals surface area (Å²) in [7, 11) is 0. The molecule has 2 heterocycles. The monoisotopic (exact) mass is 430 g/mol. The number of hydrogen-bond acceptors (Lipinski definition) is 8. The topological polar surface area (TPSA) is 120 Å². The van der Waals surface area contributed by atoms with E-state index < -0.39 is 28.6 Å². The van der Waals surface area contributed by atoms with Crippen molar-refractivity contribution >= 4 is 40.6 Å². The van der Waals surface area contributed by atoms with Crippen LogP contribution in [0.1, 0.15) is 25.5 Å². The molecular formula is C20H18N2O7S. The number of thioether (sulfide) groups is 1. The number of carbonyl (C=O) groups excluding carboxylic acids is 3. The summed E-state index contributed by atoms with van der Waals surface area (Å²) < 4.78 is 10.6. The fourth-order valence-corrected chi connectivity index (χ4v) is 3.45. The summed E-state index contributed by atoms with van der Waals surface area (Å²) in [6, 6.07) is 9.15. The minimum absolute atomic E-state index is 0.0719. The molecule has 0 unspecified atom stereocenters. The smallest absolute Gasteiger partial charge is 0.326 e. The molecule has 0 saturated carbocycles. The van der Waals surface area contributed by atoms with Gasteiger partial charge in [0.15, 0.2) is 0 Å². The van der Waals surface area contributed by atoms with Gasteiger partial charge in [0.25, 0.3) is 16.8 Å². The quantitative estimate of drug-likeness (QED) is 0.201. The molecule has 2 amide bonds. The molecule has 0 bridgehead atoms. The summed E-state index contributed by atoms with van der Waals surface area (Å²) >= 11 is 0.700. The first-order valence-electron chi connectivity index (χ1n) is 9.14. The third-order valence-electron chi connectivity index (χ3n) is 4.16. The average molecular weight is 430 g/mol. The molecule has 1 aliphatic heterocycles. The van der Waals surface area contributed by atoms with Crippen LogP contribution in [0.4, 0.5) is 10.5 Å². The van der Waals surface area contributed by atoms with E-state index in [9.17, 15) is 24.5 Å². The Hall–Kier alpha value is -3.40. The van der Waals surface area contributed by atoms with Crippen LogP contribution in [0.5, 0.6) is 0 Å². The van der Waals surface area contributed by atoms with Crippen LogP contribution in [0, 0.1) is 10.1 Å². The highest BCUT2D eigenvalue weighted by Gasteiger charge is 2.36. The maximum absolute atomic E-state index is 12.5. The number of furan rings is 1. The fourth-order valence-electron chi connectivity index (χ4n) is 2.63. The number of unbranched alkanes of at least 4 members (excludes halogenated alkanes) is 1. The first-order chi connectivity index (χ1) is 14.4. The zero-order chi connectivity index (χ0) is 21.7. The number of nitro benzene ring substituents is 1. The lowest BCUT2D eigenvalue weighted by Gasteiger charge is -2.11. The average Bonchev–Trinajstić information content (AvgIpc) is 3.29. The molecule has 2 aromatic rings. The number of esters is 1. The van der Waals surface area contributed by atoms with E-state index in [0.29, 0.717) is 35.3 Å². The molecular weight excluding hydrogens is 412 g/mol. The zero-order valence-corrected chi connectivity index (χ0v) is 16.8. The summed E-state index contributed by atoms with van der Waals surface area (Å²) in [6.45, 7) is 1.76. The van der Waals surface area contributed by atoms with Gasteiger partial charge in [-0.1, -0.05) is 25.5 Å². The normalized spacial score (nSPS) is 15.1. The van der Waals surface area contributed by atoms with Gasteiger partial charge in [0.2, 0.25) is 0 Å². The van der Waals surface area contributed by atoms with Crippen molar-refractivity contribution in [2.75, 3.05) is 13.2 Å². The second kappa shape index (κ2) is 9.40. The molecule has 0 N–H and O–H groups in total. The molecule has 1 aromatic carbocycles. The van der Waals surface area contributed by atoms with Gasteiger partial charge in [0, 0.05) is 23.8 Å². The van der Waals surface area contributed by atoms with Gasteiger partial charge in [0.1, 0.15) is 18.1 Å². The maximum atomic E-state index is 12.5. The molecule has 0 aliphatic carbocycles. The molecule has 1 saturated heterocycles. The van der Waals surface area contributed by atoms with Gasteiger partial charge < -0.3 is 9.15 Å². The predicted octanol–water partition coefficient (Wildman–Crippen LogP) is 4.23. The Labute approximate surface area is 175 Å². The van der Waals surface area contributed by atoms with Gasteiger partial charge in [-0.15, -0.1) is 0 Å². The van der Waals surface area contributed by atoms with Gasteiger partial charge in [0.05, 0.1) is 16.4 Å². The molecule has 0 radical (unpaired) electrons. The van der Waals surface area contributed by atoms with Crippen molar-refractivity contribution < 1.29 is 28.5 Å². The van der Waals surface area contributed by atoms with E-state index in [0.717, 1.165) is 11.3 Å². The van der Waals surface area contributed by atoms with Crippen molar-refractivity contribution in [1.82, 2.24) is 4.90 Å². The molecule has 0 atom stereocenters. The van der Waals surface area contributed by atoms with Crippen LogP contribution in [-0.2, 0) is 14.3 Å². The van der Waals surface area contributed by atoms with E-state index in [2.05, 4.69) is 0 Å². The van der Waals surface area contributed by atoms with Crippen molar-refractivity contribution in [2.45, 2.75) is 19.8 Å². The first-order valence-corrected chi connectivity index (χ1v) is 9.96. The minimum Gasteiger partial charge on any atom is -0.464 e. The molecule has 3 rings (SSSR count). The summed E-state index contributed by atoms with van der Waals surface area (Å²) in [4.78, 5) is 47.7. The minimum atomic E-state index is -0.641. The lowest BCUT2D eigenvalue weighted by Crippen LogP contribution is -2.34. The first kappa shape index (κ1) is 21.3. The van der Waals surface area contributed by atoms with Crippen LogP contribution in [0.2, 0.25) is 0 Å². The van der Waals surface area contributed by atoms with E-state index >= 15 is 0 Å². The molecule has 30 heavy (non-hydrogen) atoms. The predicted molar refractivity (Wildman–Crippen MR) is 109 cm³/mol. The highest BCUT2D eigenvalue weighted by molar-refractivity contribution is 8.18. The molecule has 9 nitrogen and oxygen atoms in total. The largest absolute Gasteiger partial charge is 0.464 e.